The molecule has 3 saturated heterocycles. The van der Waals surface area contributed by atoms with Gasteiger partial charge >= 0.3 is 0 Å². The molecule has 1 amide bonds. The maximum atomic E-state index is 15.4. The second-order valence-electron chi connectivity index (χ2n) is 11.1. The van der Waals surface area contributed by atoms with Crippen LogP contribution in [0.1, 0.15) is 38.2 Å². The number of nitrogens with one attached hydrogen (secondary N) is 2. The van der Waals surface area contributed by atoms with Gasteiger partial charge in [0.1, 0.15) is 35.9 Å². The normalized spacial score (nSPS) is 21.3. The third kappa shape index (κ3) is 5.43. The summed E-state index contributed by atoms with van der Waals surface area (Å²) in [5.74, 6) is 0.335. The van der Waals surface area contributed by atoms with E-state index in [0.717, 1.165) is 17.9 Å². The first kappa shape index (κ1) is 26.3. The van der Waals surface area contributed by atoms with Crippen LogP contribution in [0.25, 0.3) is 0 Å². The lowest BCUT2D eigenvalue weighted by atomic mass is 9.82. The number of benzene rings is 1. The summed E-state index contributed by atoms with van der Waals surface area (Å²) in [5, 5.41) is 6.15. The van der Waals surface area contributed by atoms with Gasteiger partial charge in [0.05, 0.1) is 17.8 Å². The summed E-state index contributed by atoms with van der Waals surface area (Å²) in [4.78, 5) is 38.4. The molecule has 5 rings (SSSR count). The SMILES string of the molecule is CNc1cc(N2CCC3(CC2)CN(c2cc(F)c(CN4CCC(C)(C=O)CC4)cc2F)CC(=O)N3)ncn1. The Morgan fingerprint density at radius 2 is 1.76 bits per heavy atom. The molecule has 3 aliphatic heterocycles. The van der Waals surface area contributed by atoms with Crippen LogP contribution in [-0.4, -0.2) is 78.9 Å². The zero-order valence-electron chi connectivity index (χ0n) is 22.0. The van der Waals surface area contributed by atoms with Gasteiger partial charge in [-0.15, -0.1) is 0 Å². The van der Waals surface area contributed by atoms with Crippen molar-refractivity contribution in [3.05, 3.63) is 41.7 Å². The topological polar surface area (TPSA) is 93.7 Å². The number of piperazine rings is 1. The molecule has 0 unspecified atom stereocenters. The summed E-state index contributed by atoms with van der Waals surface area (Å²) < 4.78 is 30.5. The number of amides is 1. The fourth-order valence-electron chi connectivity index (χ4n) is 5.77. The summed E-state index contributed by atoms with van der Waals surface area (Å²) in [6, 6.07) is 4.37. The third-order valence-corrected chi connectivity index (χ3v) is 8.32. The molecule has 1 aromatic carbocycles. The monoisotopic (exact) mass is 527 g/mol. The first-order valence-electron chi connectivity index (χ1n) is 13.2. The second kappa shape index (κ2) is 10.4. The summed E-state index contributed by atoms with van der Waals surface area (Å²) in [6.45, 7) is 5.28. The molecule has 0 radical (unpaired) electrons. The van der Waals surface area contributed by atoms with Crippen molar-refractivity contribution in [2.45, 2.75) is 44.7 Å². The number of likely N-dealkylation sites (tertiary alicyclic amines) is 1. The van der Waals surface area contributed by atoms with Gasteiger partial charge in [-0.2, -0.15) is 0 Å². The molecule has 9 nitrogen and oxygen atoms in total. The van der Waals surface area contributed by atoms with Crippen LogP contribution in [0.15, 0.2) is 24.5 Å². The zero-order chi connectivity index (χ0) is 26.9. The van der Waals surface area contributed by atoms with Gasteiger partial charge < -0.3 is 25.2 Å². The molecule has 1 spiro atoms. The Labute approximate surface area is 221 Å². The lowest BCUT2D eigenvalue weighted by Crippen LogP contribution is -2.66. The molecule has 2 N–H and O–H groups in total. The minimum atomic E-state index is -0.529. The number of nitrogens with zero attached hydrogens (tertiary/aromatic N) is 5. The third-order valence-electron chi connectivity index (χ3n) is 8.32. The number of halogens is 2. The largest absolute Gasteiger partial charge is 0.373 e. The van der Waals surface area contributed by atoms with Crippen LogP contribution < -0.4 is 20.4 Å². The van der Waals surface area contributed by atoms with Gasteiger partial charge in [-0.05, 0) is 44.8 Å². The molecule has 0 aliphatic carbocycles. The Kier molecular flexibility index (Phi) is 7.21. The molecular formula is C27H35F2N7O2. The Bertz CT molecular complexity index is 1190. The van der Waals surface area contributed by atoms with Gasteiger partial charge in [-0.1, -0.05) is 6.92 Å². The zero-order valence-corrected chi connectivity index (χ0v) is 22.0. The minimum absolute atomic E-state index is 0.0188. The van der Waals surface area contributed by atoms with E-state index in [1.54, 1.807) is 11.9 Å². The van der Waals surface area contributed by atoms with Gasteiger partial charge in [-0.25, -0.2) is 18.7 Å². The van der Waals surface area contributed by atoms with E-state index in [9.17, 15) is 9.59 Å². The lowest BCUT2D eigenvalue weighted by molar-refractivity contribution is -0.123. The molecule has 11 heteroatoms. The average Bonchev–Trinajstić information content (AvgIpc) is 2.92. The van der Waals surface area contributed by atoms with Crippen LogP contribution in [0, 0.1) is 17.0 Å². The van der Waals surface area contributed by atoms with Crippen LogP contribution >= 0.6 is 0 Å². The number of rotatable bonds is 6. The van der Waals surface area contributed by atoms with Crippen LogP contribution in [0.3, 0.4) is 0 Å². The van der Waals surface area contributed by atoms with Crippen molar-refractivity contribution in [2.75, 3.05) is 61.4 Å². The fraction of sp³-hybridized carbons (Fsp3) is 0.556. The van der Waals surface area contributed by atoms with Gasteiger partial charge in [0.25, 0.3) is 0 Å². The summed E-state index contributed by atoms with van der Waals surface area (Å²) in [5.41, 5.74) is -0.457. The van der Waals surface area contributed by atoms with Crippen LogP contribution in [0.4, 0.5) is 26.1 Å². The minimum Gasteiger partial charge on any atom is -0.373 e. The Morgan fingerprint density at radius 3 is 2.45 bits per heavy atom. The van der Waals surface area contributed by atoms with Crippen molar-refractivity contribution in [3.63, 3.8) is 0 Å². The Morgan fingerprint density at radius 1 is 1.03 bits per heavy atom. The highest BCUT2D eigenvalue weighted by Gasteiger charge is 2.42. The van der Waals surface area contributed by atoms with E-state index in [0.29, 0.717) is 58.4 Å². The van der Waals surface area contributed by atoms with Crippen LogP contribution in [-0.2, 0) is 16.1 Å². The molecule has 0 bridgehead atoms. The molecule has 2 aromatic rings. The van der Waals surface area contributed by atoms with E-state index in [1.165, 1.54) is 18.5 Å². The molecular weight excluding hydrogens is 492 g/mol. The fourth-order valence-corrected chi connectivity index (χ4v) is 5.77. The predicted octanol–water partition coefficient (Wildman–Crippen LogP) is 2.57. The van der Waals surface area contributed by atoms with Gasteiger partial charge in [0, 0.05) is 56.3 Å². The van der Waals surface area contributed by atoms with Crippen molar-refractivity contribution in [1.82, 2.24) is 20.2 Å². The van der Waals surface area contributed by atoms with Gasteiger partial charge in [0.15, 0.2) is 0 Å². The summed E-state index contributed by atoms with van der Waals surface area (Å²) in [6.07, 6.45) is 5.24. The first-order valence-corrected chi connectivity index (χ1v) is 13.2. The number of hydrogen-bond donors (Lipinski definition) is 2. The number of aldehydes is 1. The molecule has 4 heterocycles. The first-order chi connectivity index (χ1) is 18.2. The second-order valence-corrected chi connectivity index (χ2v) is 11.1. The molecule has 3 fully saturated rings. The molecule has 1 aromatic heterocycles. The molecule has 204 valence electrons. The predicted molar refractivity (Wildman–Crippen MR) is 141 cm³/mol. The van der Waals surface area contributed by atoms with Crippen LogP contribution in [0.2, 0.25) is 0 Å². The van der Waals surface area contributed by atoms with Gasteiger partial charge in [-0.3, -0.25) is 9.69 Å². The Hall–Kier alpha value is -3.34. The summed E-state index contributed by atoms with van der Waals surface area (Å²) in [7, 11) is 1.80. The number of piperidine rings is 2. The van der Waals surface area contributed by atoms with E-state index in [4.69, 9.17) is 0 Å². The van der Waals surface area contributed by atoms with Crippen LogP contribution in [0.5, 0.6) is 0 Å². The molecule has 3 aliphatic rings. The number of aromatic nitrogens is 2. The highest BCUT2D eigenvalue weighted by atomic mass is 19.1. The smallest absolute Gasteiger partial charge is 0.240 e. The quantitative estimate of drug-likeness (QED) is 0.554. The standard InChI is InChI=1S/C27H35F2N7O2/c1-26(17-37)3-7-34(8-4-26)14-19-11-21(29)22(12-20(19)28)36-15-25(38)33-27(16-36)5-9-35(10-6-27)24-13-23(30-2)31-18-32-24/h11-13,17-18H,3-10,14-16H2,1-2H3,(H,33,38)(H,30,31,32). The van der Waals surface area contributed by atoms with E-state index in [1.807, 2.05) is 13.0 Å². The average molecular weight is 528 g/mol. The Balaban J connectivity index is 1.26. The van der Waals surface area contributed by atoms with E-state index >= 15 is 8.78 Å². The number of carbonyl (C=O) groups is 2. The van der Waals surface area contributed by atoms with Crippen molar-refractivity contribution >= 4 is 29.5 Å². The van der Waals surface area contributed by atoms with Crippen molar-refractivity contribution < 1.29 is 18.4 Å². The number of hydrogen-bond acceptors (Lipinski definition) is 8. The number of carbonyl (C=O) groups excluding carboxylic acids is 2. The maximum absolute atomic E-state index is 15.4. The highest BCUT2D eigenvalue weighted by Crippen LogP contribution is 2.34. The summed E-state index contributed by atoms with van der Waals surface area (Å²) >= 11 is 0. The maximum Gasteiger partial charge on any atom is 0.240 e. The van der Waals surface area contributed by atoms with Crippen molar-refractivity contribution in [3.8, 4) is 0 Å². The van der Waals surface area contributed by atoms with Gasteiger partial charge in [0.2, 0.25) is 5.91 Å². The van der Waals surface area contributed by atoms with Crippen molar-refractivity contribution in [2.24, 2.45) is 5.41 Å². The van der Waals surface area contributed by atoms with E-state index < -0.39 is 17.2 Å². The highest BCUT2D eigenvalue weighted by molar-refractivity contribution is 5.84. The molecule has 0 saturated carbocycles. The number of anilines is 3. The van der Waals surface area contributed by atoms with E-state index in [2.05, 4.69) is 30.4 Å². The van der Waals surface area contributed by atoms with Crippen molar-refractivity contribution in [1.29, 1.82) is 0 Å². The lowest BCUT2D eigenvalue weighted by Gasteiger charge is -2.48. The molecule has 38 heavy (non-hydrogen) atoms. The molecule has 0 atom stereocenters. The van der Waals surface area contributed by atoms with E-state index in [-0.39, 0.29) is 35.7 Å².